The Kier molecular flexibility index (Phi) is 7.05. The quantitative estimate of drug-likeness (QED) is 0.608. The minimum absolute atomic E-state index is 0.197. The first-order valence-corrected chi connectivity index (χ1v) is 14.3. The predicted octanol–water partition coefficient (Wildman–Crippen LogP) is 4.66. The summed E-state index contributed by atoms with van der Waals surface area (Å²) in [5, 5.41) is 3.61. The first-order chi connectivity index (χ1) is 18.7. The molecule has 0 aliphatic carbocycles. The van der Waals surface area contributed by atoms with E-state index in [1.165, 1.54) is 16.8 Å². The van der Waals surface area contributed by atoms with Crippen molar-refractivity contribution in [2.45, 2.75) is 64.7 Å². The van der Waals surface area contributed by atoms with Crippen LogP contribution in [0.5, 0.6) is 5.75 Å². The number of nitrogens with zero attached hydrogens (tertiary/aromatic N) is 4. The minimum Gasteiger partial charge on any atom is -0.486 e. The lowest BCUT2D eigenvalue weighted by Gasteiger charge is -2.47. The van der Waals surface area contributed by atoms with Crippen LogP contribution in [0.1, 0.15) is 56.2 Å². The Bertz CT molecular complexity index is 1210. The molecular weight excluding hydrogens is 494 g/mol. The Balaban J connectivity index is 1.11. The molecule has 1 N–H and O–H groups in total. The minimum atomic E-state index is -0.449. The molecule has 2 aromatic rings. The molecule has 9 heteroatoms. The van der Waals surface area contributed by atoms with Gasteiger partial charge in [0.1, 0.15) is 23.8 Å². The number of ether oxygens (including phenoxy) is 3. The Morgan fingerprint density at radius 3 is 2.56 bits per heavy atom. The maximum atomic E-state index is 12.3. The van der Waals surface area contributed by atoms with E-state index in [0.717, 1.165) is 88.1 Å². The standard InChI is InChI=1S/C30H41N5O4/c1-20-15-27-25(32-28-24(19-38-27)26(5-8-31-28)34-11-13-37-14-12-34)16-23(20)21-6-9-33(10-7-21)22-17-35(18-22)29(36)39-30(2,3)4/h5,8,15-16,21-22H,6-7,9-14,17-19H2,1-4H3,(H,31,32). The number of pyridine rings is 1. The van der Waals surface area contributed by atoms with Crippen molar-refractivity contribution in [3.63, 3.8) is 0 Å². The van der Waals surface area contributed by atoms with Crippen molar-refractivity contribution < 1.29 is 19.0 Å². The molecule has 210 valence electrons. The van der Waals surface area contributed by atoms with Gasteiger partial charge in [-0.15, -0.1) is 0 Å². The summed E-state index contributed by atoms with van der Waals surface area (Å²) >= 11 is 0. The normalized spacial score (nSPS) is 20.7. The number of anilines is 3. The van der Waals surface area contributed by atoms with Gasteiger partial charge in [0.15, 0.2) is 0 Å². The van der Waals surface area contributed by atoms with Crippen LogP contribution >= 0.6 is 0 Å². The van der Waals surface area contributed by atoms with Crippen molar-refractivity contribution >= 4 is 23.3 Å². The van der Waals surface area contributed by atoms with Gasteiger partial charge in [0.25, 0.3) is 0 Å². The van der Waals surface area contributed by atoms with Gasteiger partial charge in [-0.05, 0) is 88.9 Å². The molecule has 3 fully saturated rings. The van der Waals surface area contributed by atoms with E-state index in [1.54, 1.807) is 0 Å². The summed E-state index contributed by atoms with van der Waals surface area (Å²) in [5.74, 6) is 2.27. The van der Waals surface area contributed by atoms with Crippen LogP contribution in [-0.4, -0.2) is 85.0 Å². The average Bonchev–Trinajstić information content (AvgIpc) is 3.06. The smallest absolute Gasteiger partial charge is 0.410 e. The second kappa shape index (κ2) is 10.5. The Labute approximate surface area is 231 Å². The van der Waals surface area contributed by atoms with Gasteiger partial charge in [-0.25, -0.2) is 9.78 Å². The predicted molar refractivity (Wildman–Crippen MR) is 151 cm³/mol. The van der Waals surface area contributed by atoms with E-state index in [1.807, 2.05) is 31.9 Å². The zero-order valence-electron chi connectivity index (χ0n) is 23.7. The molecule has 1 aromatic carbocycles. The van der Waals surface area contributed by atoms with E-state index in [4.69, 9.17) is 14.2 Å². The maximum Gasteiger partial charge on any atom is 0.410 e. The molecule has 0 spiro atoms. The third kappa shape index (κ3) is 5.52. The maximum absolute atomic E-state index is 12.3. The van der Waals surface area contributed by atoms with Crippen LogP contribution in [0, 0.1) is 6.92 Å². The summed E-state index contributed by atoms with van der Waals surface area (Å²) in [6.07, 6.45) is 3.91. The lowest BCUT2D eigenvalue weighted by Crippen LogP contribution is -2.62. The van der Waals surface area contributed by atoms with Crippen molar-refractivity contribution in [2.24, 2.45) is 0 Å². The molecule has 1 amide bonds. The fourth-order valence-corrected chi connectivity index (χ4v) is 6.20. The van der Waals surface area contributed by atoms with Crippen molar-refractivity contribution in [1.82, 2.24) is 14.8 Å². The first-order valence-electron chi connectivity index (χ1n) is 14.3. The molecule has 5 heterocycles. The summed E-state index contributed by atoms with van der Waals surface area (Å²) in [7, 11) is 0. The van der Waals surface area contributed by atoms with Crippen LogP contribution in [0.4, 0.5) is 22.0 Å². The van der Waals surface area contributed by atoms with Crippen LogP contribution in [0.3, 0.4) is 0 Å². The number of aromatic nitrogens is 1. The number of fused-ring (bicyclic) bond motifs is 2. The van der Waals surface area contributed by atoms with Crippen molar-refractivity contribution in [1.29, 1.82) is 0 Å². The number of nitrogens with one attached hydrogen (secondary N) is 1. The molecule has 6 rings (SSSR count). The van der Waals surface area contributed by atoms with Crippen molar-refractivity contribution in [2.75, 3.05) is 62.7 Å². The molecule has 0 radical (unpaired) electrons. The highest BCUT2D eigenvalue weighted by Gasteiger charge is 2.38. The number of amides is 1. The number of piperidine rings is 1. The van der Waals surface area contributed by atoms with E-state index in [-0.39, 0.29) is 6.09 Å². The highest BCUT2D eigenvalue weighted by molar-refractivity contribution is 5.74. The molecule has 4 aliphatic heterocycles. The number of carbonyl (C=O) groups excluding carboxylic acids is 1. The molecule has 1 aromatic heterocycles. The van der Waals surface area contributed by atoms with E-state index in [9.17, 15) is 4.79 Å². The second-order valence-corrected chi connectivity index (χ2v) is 12.2. The molecule has 3 saturated heterocycles. The Morgan fingerprint density at radius 1 is 1.10 bits per heavy atom. The van der Waals surface area contributed by atoms with Crippen LogP contribution < -0.4 is 15.0 Å². The number of likely N-dealkylation sites (tertiary alicyclic amines) is 2. The first kappa shape index (κ1) is 26.2. The summed E-state index contributed by atoms with van der Waals surface area (Å²) in [6.45, 7) is 15.3. The molecule has 0 atom stereocenters. The van der Waals surface area contributed by atoms with Crippen LogP contribution in [0.15, 0.2) is 24.4 Å². The summed E-state index contributed by atoms with van der Waals surface area (Å²) in [5.41, 5.74) is 5.49. The number of morpholine rings is 1. The van der Waals surface area contributed by atoms with E-state index < -0.39 is 5.60 Å². The van der Waals surface area contributed by atoms with Crippen LogP contribution in [-0.2, 0) is 16.1 Å². The molecule has 39 heavy (non-hydrogen) atoms. The average molecular weight is 536 g/mol. The van der Waals surface area contributed by atoms with Gasteiger partial charge < -0.3 is 29.3 Å². The summed E-state index contributed by atoms with van der Waals surface area (Å²) < 4.78 is 17.4. The zero-order valence-corrected chi connectivity index (χ0v) is 23.7. The third-order valence-electron chi connectivity index (χ3n) is 8.38. The molecular formula is C30H41N5O4. The third-order valence-corrected chi connectivity index (χ3v) is 8.38. The largest absolute Gasteiger partial charge is 0.486 e. The van der Waals surface area contributed by atoms with Gasteiger partial charge in [-0.1, -0.05) is 0 Å². The lowest BCUT2D eigenvalue weighted by atomic mass is 9.85. The number of carbonyl (C=O) groups is 1. The fraction of sp³-hybridized carbons (Fsp3) is 0.600. The molecule has 0 saturated carbocycles. The Hall–Kier alpha value is -3.04. The second-order valence-electron chi connectivity index (χ2n) is 12.2. The van der Waals surface area contributed by atoms with Crippen LogP contribution in [0.25, 0.3) is 0 Å². The van der Waals surface area contributed by atoms with Gasteiger partial charge >= 0.3 is 6.09 Å². The lowest BCUT2D eigenvalue weighted by molar-refractivity contribution is -0.0196. The molecule has 4 aliphatic rings. The number of benzene rings is 1. The van der Waals surface area contributed by atoms with E-state index in [0.29, 0.717) is 18.6 Å². The van der Waals surface area contributed by atoms with Gasteiger partial charge in [0.2, 0.25) is 0 Å². The molecule has 9 nitrogen and oxygen atoms in total. The highest BCUT2D eigenvalue weighted by Crippen LogP contribution is 2.41. The van der Waals surface area contributed by atoms with Gasteiger partial charge in [-0.3, -0.25) is 4.90 Å². The number of rotatable bonds is 3. The van der Waals surface area contributed by atoms with Gasteiger partial charge in [0.05, 0.1) is 24.5 Å². The zero-order chi connectivity index (χ0) is 27.1. The topological polar surface area (TPSA) is 79.4 Å². The van der Waals surface area contributed by atoms with E-state index in [2.05, 4.69) is 45.2 Å². The van der Waals surface area contributed by atoms with E-state index >= 15 is 0 Å². The highest BCUT2D eigenvalue weighted by atomic mass is 16.6. The summed E-state index contributed by atoms with van der Waals surface area (Å²) in [4.78, 5) is 23.7. The van der Waals surface area contributed by atoms with Crippen molar-refractivity contribution in [3.05, 3.63) is 41.1 Å². The SMILES string of the molecule is Cc1cc2c(cc1C1CCN(C3CN(C(=O)OC(C)(C)C)C3)CC1)Nc1nccc(N3CCOCC3)c1CO2. The van der Waals surface area contributed by atoms with Crippen LogP contribution in [0.2, 0.25) is 0 Å². The Morgan fingerprint density at radius 2 is 1.85 bits per heavy atom. The monoisotopic (exact) mass is 535 g/mol. The molecule has 0 bridgehead atoms. The number of hydrogen-bond donors (Lipinski definition) is 1. The van der Waals surface area contributed by atoms with Crippen molar-refractivity contribution in [3.8, 4) is 5.75 Å². The molecule has 0 unspecified atom stereocenters. The van der Waals surface area contributed by atoms with Gasteiger partial charge in [0, 0.05) is 44.1 Å². The fourth-order valence-electron chi connectivity index (χ4n) is 6.20. The summed E-state index contributed by atoms with van der Waals surface area (Å²) in [6, 6.07) is 7.00. The number of hydrogen-bond acceptors (Lipinski definition) is 8. The number of aryl methyl sites for hydroxylation is 1. The van der Waals surface area contributed by atoms with Gasteiger partial charge in [-0.2, -0.15) is 0 Å².